The van der Waals surface area contributed by atoms with Crippen LogP contribution in [0.1, 0.15) is 28.5 Å². The number of carbonyl (C=O) groups excluding carboxylic acids is 1. The number of esters is 1. The summed E-state index contributed by atoms with van der Waals surface area (Å²) in [5, 5.41) is 8.73. The highest BCUT2D eigenvalue weighted by Crippen LogP contribution is 2.06. The van der Waals surface area contributed by atoms with E-state index in [1.165, 1.54) is 6.07 Å². The average molecular weight is 206 g/mol. The summed E-state index contributed by atoms with van der Waals surface area (Å²) in [6.45, 7) is 3.49. The normalized spacial score (nSPS) is 9.40. The molecule has 0 radical (unpaired) electrons. The number of pyridine rings is 1. The molecule has 1 aromatic rings. The van der Waals surface area contributed by atoms with Crippen LogP contribution in [0.3, 0.4) is 0 Å². The number of nitrogens with one attached hydrogen (secondary N) is 1. The molecule has 0 saturated heterocycles. The van der Waals surface area contributed by atoms with Crippen LogP contribution >= 0.6 is 0 Å². The Hall–Kier alpha value is -2.09. The summed E-state index contributed by atoms with van der Waals surface area (Å²) in [4.78, 5) is 25.2. The minimum absolute atomic E-state index is 0.0144. The molecule has 0 fully saturated rings. The van der Waals surface area contributed by atoms with Crippen LogP contribution in [0.4, 0.5) is 0 Å². The maximum atomic E-state index is 11.4. The number of carbonyl (C=O) groups is 1. The molecule has 0 aromatic carbocycles. The van der Waals surface area contributed by atoms with Gasteiger partial charge < -0.3 is 9.72 Å². The fourth-order valence-corrected chi connectivity index (χ4v) is 1.17. The molecular formula is C10H10N2O3. The van der Waals surface area contributed by atoms with Gasteiger partial charge in [-0.15, -0.1) is 0 Å². The van der Waals surface area contributed by atoms with E-state index in [0.717, 1.165) is 0 Å². The predicted molar refractivity (Wildman–Crippen MR) is 52.5 cm³/mol. The highest BCUT2D eigenvalue weighted by Gasteiger charge is 2.15. The van der Waals surface area contributed by atoms with Gasteiger partial charge in [0.15, 0.2) is 0 Å². The Kier molecular flexibility index (Phi) is 3.24. The molecule has 78 valence electrons. The molecule has 1 N–H and O–H groups in total. The topological polar surface area (TPSA) is 83.0 Å². The van der Waals surface area contributed by atoms with Crippen LogP contribution in [0.15, 0.2) is 10.9 Å². The van der Waals surface area contributed by atoms with Gasteiger partial charge in [-0.05, 0) is 19.9 Å². The number of nitrogens with zero attached hydrogens (tertiary/aromatic N) is 1. The van der Waals surface area contributed by atoms with Gasteiger partial charge in [-0.3, -0.25) is 4.79 Å². The van der Waals surface area contributed by atoms with Gasteiger partial charge in [0.1, 0.15) is 11.6 Å². The fourth-order valence-electron chi connectivity index (χ4n) is 1.17. The average Bonchev–Trinajstić information content (AvgIpc) is 2.17. The van der Waals surface area contributed by atoms with Crippen LogP contribution in [-0.2, 0) is 4.74 Å². The minimum atomic E-state index is -0.650. The molecule has 5 nitrogen and oxygen atoms in total. The van der Waals surface area contributed by atoms with E-state index in [0.29, 0.717) is 5.69 Å². The molecule has 15 heavy (non-hydrogen) atoms. The molecule has 0 atom stereocenters. The smallest absolute Gasteiger partial charge is 0.339 e. The predicted octanol–water partition coefficient (Wildman–Crippen LogP) is 0.732. The number of rotatable bonds is 2. The summed E-state index contributed by atoms with van der Waals surface area (Å²) in [6.07, 6.45) is 0. The van der Waals surface area contributed by atoms with Gasteiger partial charge in [0.2, 0.25) is 0 Å². The van der Waals surface area contributed by atoms with Crippen molar-refractivity contribution in [2.24, 2.45) is 0 Å². The minimum Gasteiger partial charge on any atom is -0.462 e. The molecule has 5 heteroatoms. The zero-order chi connectivity index (χ0) is 11.4. The third-order valence-corrected chi connectivity index (χ3v) is 1.78. The quantitative estimate of drug-likeness (QED) is 0.723. The SMILES string of the molecule is CCOC(=O)c1cc(C)[nH]c(=O)c1C#N. The first-order chi connectivity index (χ1) is 7.10. The number of H-pyrrole nitrogens is 1. The lowest BCUT2D eigenvalue weighted by atomic mass is 10.1. The van der Waals surface area contributed by atoms with Gasteiger partial charge in [-0.1, -0.05) is 0 Å². The third kappa shape index (κ3) is 2.23. The standard InChI is InChI=1S/C10H10N2O3/c1-3-15-10(14)7-4-6(2)12-9(13)8(7)5-11/h4H,3H2,1-2H3,(H,12,13). The number of aromatic amines is 1. The van der Waals surface area contributed by atoms with Gasteiger partial charge in [-0.2, -0.15) is 5.26 Å². The second-order valence-corrected chi connectivity index (χ2v) is 2.90. The molecule has 0 spiro atoms. The molecule has 0 aliphatic carbocycles. The molecule has 0 aliphatic rings. The summed E-state index contributed by atoms with van der Waals surface area (Å²) >= 11 is 0. The zero-order valence-corrected chi connectivity index (χ0v) is 8.46. The summed E-state index contributed by atoms with van der Waals surface area (Å²) < 4.78 is 4.74. The lowest BCUT2D eigenvalue weighted by Crippen LogP contribution is -2.18. The van der Waals surface area contributed by atoms with Crippen molar-refractivity contribution in [3.05, 3.63) is 33.2 Å². The molecule has 1 heterocycles. The summed E-state index contributed by atoms with van der Waals surface area (Å²) in [5.74, 6) is -0.650. The van der Waals surface area contributed by atoms with Gasteiger partial charge in [-0.25, -0.2) is 4.79 Å². The van der Waals surface area contributed by atoms with Crippen molar-refractivity contribution >= 4 is 5.97 Å². The molecule has 0 unspecified atom stereocenters. The van der Waals surface area contributed by atoms with Crippen molar-refractivity contribution in [2.45, 2.75) is 13.8 Å². The largest absolute Gasteiger partial charge is 0.462 e. The van der Waals surface area contributed by atoms with Crippen LogP contribution in [0.25, 0.3) is 0 Å². The van der Waals surface area contributed by atoms with E-state index in [2.05, 4.69) is 4.98 Å². The molecule has 1 aromatic heterocycles. The second kappa shape index (κ2) is 4.42. The van der Waals surface area contributed by atoms with Crippen LogP contribution in [0.5, 0.6) is 0 Å². The number of nitriles is 1. The molecule has 0 bridgehead atoms. The Morgan fingerprint density at radius 3 is 2.87 bits per heavy atom. The molecule has 1 rings (SSSR count). The van der Waals surface area contributed by atoms with Gasteiger partial charge in [0.05, 0.1) is 12.2 Å². The Balaban J connectivity index is 3.34. The second-order valence-electron chi connectivity index (χ2n) is 2.90. The molecule has 0 amide bonds. The van der Waals surface area contributed by atoms with E-state index in [1.807, 2.05) is 0 Å². The first-order valence-corrected chi connectivity index (χ1v) is 4.41. The maximum Gasteiger partial charge on any atom is 0.339 e. The van der Waals surface area contributed by atoms with E-state index in [9.17, 15) is 9.59 Å². The van der Waals surface area contributed by atoms with Gasteiger partial charge >= 0.3 is 5.97 Å². The number of aromatic nitrogens is 1. The summed E-state index contributed by atoms with van der Waals surface area (Å²) in [7, 11) is 0. The summed E-state index contributed by atoms with van der Waals surface area (Å²) in [5.41, 5.74) is -0.248. The lowest BCUT2D eigenvalue weighted by Gasteiger charge is -2.03. The maximum absolute atomic E-state index is 11.4. The monoisotopic (exact) mass is 206 g/mol. The Labute approximate surface area is 86.3 Å². The van der Waals surface area contributed by atoms with Crippen LogP contribution < -0.4 is 5.56 Å². The third-order valence-electron chi connectivity index (χ3n) is 1.78. The van der Waals surface area contributed by atoms with E-state index in [-0.39, 0.29) is 17.7 Å². The number of ether oxygens (including phenoxy) is 1. The van der Waals surface area contributed by atoms with Crippen molar-refractivity contribution < 1.29 is 9.53 Å². The number of hydrogen-bond acceptors (Lipinski definition) is 4. The summed E-state index contributed by atoms with van der Waals surface area (Å²) in [6, 6.07) is 3.11. The Morgan fingerprint density at radius 1 is 1.67 bits per heavy atom. The molecular weight excluding hydrogens is 196 g/mol. The van der Waals surface area contributed by atoms with E-state index in [4.69, 9.17) is 10.00 Å². The van der Waals surface area contributed by atoms with Crippen LogP contribution in [0.2, 0.25) is 0 Å². The van der Waals surface area contributed by atoms with Gasteiger partial charge in [0, 0.05) is 5.69 Å². The molecule has 0 saturated carbocycles. The lowest BCUT2D eigenvalue weighted by molar-refractivity contribution is 0.0525. The number of hydrogen-bond donors (Lipinski definition) is 1. The first kappa shape index (κ1) is 11.0. The van der Waals surface area contributed by atoms with E-state index < -0.39 is 11.5 Å². The Bertz CT molecular complexity index is 482. The van der Waals surface area contributed by atoms with Crippen LogP contribution in [0, 0.1) is 18.3 Å². The zero-order valence-electron chi connectivity index (χ0n) is 8.46. The fraction of sp³-hybridized carbons (Fsp3) is 0.300. The van der Waals surface area contributed by atoms with Crippen molar-refractivity contribution in [1.29, 1.82) is 5.26 Å². The van der Waals surface area contributed by atoms with Crippen molar-refractivity contribution in [2.75, 3.05) is 6.61 Å². The van der Waals surface area contributed by atoms with Crippen molar-refractivity contribution in [1.82, 2.24) is 4.98 Å². The highest BCUT2D eigenvalue weighted by atomic mass is 16.5. The van der Waals surface area contributed by atoms with E-state index in [1.54, 1.807) is 19.9 Å². The highest BCUT2D eigenvalue weighted by molar-refractivity contribution is 5.92. The van der Waals surface area contributed by atoms with Crippen LogP contribution in [-0.4, -0.2) is 17.6 Å². The van der Waals surface area contributed by atoms with E-state index >= 15 is 0 Å². The Morgan fingerprint density at radius 2 is 2.33 bits per heavy atom. The van der Waals surface area contributed by atoms with Gasteiger partial charge in [0.25, 0.3) is 5.56 Å². The van der Waals surface area contributed by atoms with Crippen molar-refractivity contribution in [3.8, 4) is 6.07 Å². The molecule has 0 aliphatic heterocycles. The first-order valence-electron chi connectivity index (χ1n) is 4.41. The number of aryl methyl sites for hydroxylation is 1. The van der Waals surface area contributed by atoms with Crippen molar-refractivity contribution in [3.63, 3.8) is 0 Å².